The molecule has 2 fully saturated rings. The molecule has 0 unspecified atom stereocenters. The van der Waals surface area contributed by atoms with Crippen LogP contribution < -0.4 is 5.32 Å². The van der Waals surface area contributed by atoms with Gasteiger partial charge in [-0.05, 0) is 43.9 Å². The second-order valence-corrected chi connectivity index (χ2v) is 8.34. The van der Waals surface area contributed by atoms with Crippen LogP contribution in [0.1, 0.15) is 43.4 Å². The first-order valence-electron chi connectivity index (χ1n) is 10.7. The number of benzene rings is 1. The van der Waals surface area contributed by atoms with Crippen LogP contribution in [0.15, 0.2) is 24.3 Å². The average molecular weight is 448 g/mol. The molecule has 1 saturated heterocycles. The van der Waals surface area contributed by atoms with E-state index in [1.54, 1.807) is 11.0 Å². The maximum atomic E-state index is 13.3. The van der Waals surface area contributed by atoms with E-state index in [0.717, 1.165) is 36.7 Å². The number of halogens is 2. The summed E-state index contributed by atoms with van der Waals surface area (Å²) < 4.78 is 37.6. The molecule has 0 spiro atoms. The Bertz CT molecular complexity index is 962. The maximum Gasteiger partial charge on any atom is 0.410 e. The first-order chi connectivity index (χ1) is 15.4. The van der Waals surface area contributed by atoms with Crippen LogP contribution in [0, 0.1) is 11.6 Å². The Hall–Kier alpha value is -3.01. The minimum atomic E-state index is -0.727. The predicted octanol–water partition coefficient (Wildman–Crippen LogP) is 3.36. The smallest absolute Gasteiger partial charge is 0.410 e. The zero-order chi connectivity index (χ0) is 22.7. The Labute approximate surface area is 184 Å². The van der Waals surface area contributed by atoms with Crippen molar-refractivity contribution in [3.8, 4) is 0 Å². The minimum Gasteiger partial charge on any atom is -0.446 e. The summed E-state index contributed by atoms with van der Waals surface area (Å²) in [5.41, 5.74) is 1.08. The zero-order valence-electron chi connectivity index (χ0n) is 17.8. The third-order valence-electron chi connectivity index (χ3n) is 5.85. The van der Waals surface area contributed by atoms with Crippen molar-refractivity contribution in [2.75, 3.05) is 25.1 Å². The van der Waals surface area contributed by atoms with Gasteiger partial charge >= 0.3 is 6.09 Å². The minimum absolute atomic E-state index is 0.00361. The molecule has 32 heavy (non-hydrogen) atoms. The van der Waals surface area contributed by atoms with Gasteiger partial charge in [-0.15, -0.1) is 0 Å². The largest absolute Gasteiger partial charge is 0.446 e. The number of ether oxygens (including phenoxy) is 2. The monoisotopic (exact) mass is 448 g/mol. The summed E-state index contributed by atoms with van der Waals surface area (Å²) >= 11 is 0. The Balaban J connectivity index is 1.28. The molecule has 8 nitrogen and oxygen atoms in total. The van der Waals surface area contributed by atoms with Gasteiger partial charge in [-0.2, -0.15) is 5.10 Å². The molecule has 0 bridgehead atoms. The van der Waals surface area contributed by atoms with Crippen LogP contribution in [-0.4, -0.2) is 59.0 Å². The third-order valence-corrected chi connectivity index (χ3v) is 5.85. The Kier molecular flexibility index (Phi) is 6.69. The van der Waals surface area contributed by atoms with Gasteiger partial charge in [-0.1, -0.05) is 0 Å². The number of carbonyl (C=O) groups is 2. The quantitative estimate of drug-likeness (QED) is 0.731. The molecule has 1 aromatic heterocycles. The number of nitrogens with zero attached hydrogens (tertiary/aromatic N) is 2. The Morgan fingerprint density at radius 1 is 1.25 bits per heavy atom. The van der Waals surface area contributed by atoms with Crippen molar-refractivity contribution in [3.05, 3.63) is 47.2 Å². The number of amides is 2. The van der Waals surface area contributed by atoms with Gasteiger partial charge in [-0.3, -0.25) is 9.89 Å². The van der Waals surface area contributed by atoms with Crippen LogP contribution in [0.2, 0.25) is 0 Å². The Morgan fingerprint density at radius 3 is 2.78 bits per heavy atom. The number of aromatic nitrogens is 2. The molecule has 1 aliphatic carbocycles. The van der Waals surface area contributed by atoms with Crippen molar-refractivity contribution in [3.63, 3.8) is 0 Å². The molecule has 1 aromatic carbocycles. The summed E-state index contributed by atoms with van der Waals surface area (Å²) in [5.74, 6) is -1.41. The molecule has 2 amide bonds. The maximum absolute atomic E-state index is 13.3. The van der Waals surface area contributed by atoms with Gasteiger partial charge in [0.05, 0.1) is 25.7 Å². The first-order valence-corrected chi connectivity index (χ1v) is 10.7. The van der Waals surface area contributed by atoms with Gasteiger partial charge in [0.2, 0.25) is 5.91 Å². The van der Waals surface area contributed by atoms with E-state index in [4.69, 9.17) is 9.47 Å². The number of hydrogen-bond donors (Lipinski definition) is 2. The van der Waals surface area contributed by atoms with Gasteiger partial charge < -0.3 is 19.7 Å². The van der Waals surface area contributed by atoms with Crippen LogP contribution in [0.25, 0.3) is 0 Å². The number of morpholine rings is 1. The number of anilines is 1. The summed E-state index contributed by atoms with van der Waals surface area (Å²) in [5, 5.41) is 9.67. The molecule has 172 valence electrons. The van der Waals surface area contributed by atoms with Crippen LogP contribution >= 0.6 is 0 Å². The van der Waals surface area contributed by atoms with Crippen molar-refractivity contribution >= 4 is 17.8 Å². The summed E-state index contributed by atoms with van der Waals surface area (Å²) in [6, 6.07) is 4.74. The van der Waals surface area contributed by atoms with Crippen LogP contribution in [0.3, 0.4) is 0 Å². The number of aromatic amines is 1. The van der Waals surface area contributed by atoms with Crippen LogP contribution in [0.5, 0.6) is 0 Å². The lowest BCUT2D eigenvalue weighted by Crippen LogP contribution is -2.48. The van der Waals surface area contributed by atoms with E-state index in [0.29, 0.717) is 32.0 Å². The standard InChI is InChI=1S/C22H26F2N4O4/c1-13-12-31-5-4-28(13)22(30)32-18-3-2-15(9-18)19-11-20(27-26-19)25-21(29)8-14-6-16(23)10-17(24)7-14/h6-7,10-11,13,15,18H,2-5,8-9,12H2,1H3,(H2,25,26,27,29)/t13-,15-,18+/m0/s1. The van der Waals surface area contributed by atoms with Gasteiger partial charge in [0.1, 0.15) is 17.7 Å². The van der Waals surface area contributed by atoms with Crippen LogP contribution in [0.4, 0.5) is 19.4 Å². The molecular weight excluding hydrogens is 422 g/mol. The fourth-order valence-electron chi connectivity index (χ4n) is 4.23. The van der Waals surface area contributed by atoms with Gasteiger partial charge in [0.25, 0.3) is 0 Å². The molecule has 2 heterocycles. The normalized spacial score (nSPS) is 23.2. The van der Waals surface area contributed by atoms with Gasteiger partial charge in [0.15, 0.2) is 5.82 Å². The highest BCUT2D eigenvalue weighted by Gasteiger charge is 2.33. The highest BCUT2D eigenvalue weighted by atomic mass is 19.1. The summed E-state index contributed by atoms with van der Waals surface area (Å²) in [7, 11) is 0. The lowest BCUT2D eigenvalue weighted by Gasteiger charge is -2.33. The number of H-pyrrole nitrogens is 1. The van der Waals surface area contributed by atoms with Crippen molar-refractivity contribution in [1.29, 1.82) is 0 Å². The second kappa shape index (κ2) is 9.64. The van der Waals surface area contributed by atoms with E-state index in [2.05, 4.69) is 15.5 Å². The molecule has 4 rings (SSSR count). The van der Waals surface area contributed by atoms with Crippen molar-refractivity contribution in [2.45, 2.75) is 50.7 Å². The van der Waals surface area contributed by atoms with Crippen molar-refractivity contribution in [1.82, 2.24) is 15.1 Å². The summed E-state index contributed by atoms with van der Waals surface area (Å²) in [6.45, 7) is 3.49. The first kappa shape index (κ1) is 22.2. The highest BCUT2D eigenvalue weighted by Crippen LogP contribution is 2.36. The lowest BCUT2D eigenvalue weighted by atomic mass is 10.0. The highest BCUT2D eigenvalue weighted by molar-refractivity contribution is 5.91. The van der Waals surface area contributed by atoms with Crippen LogP contribution in [-0.2, 0) is 20.7 Å². The fourth-order valence-corrected chi connectivity index (χ4v) is 4.23. The van der Waals surface area contributed by atoms with E-state index >= 15 is 0 Å². The molecule has 2 aromatic rings. The fraction of sp³-hybridized carbons (Fsp3) is 0.500. The molecule has 10 heteroatoms. The number of rotatable bonds is 5. The van der Waals surface area contributed by atoms with Gasteiger partial charge in [0, 0.05) is 30.3 Å². The van der Waals surface area contributed by atoms with Crippen molar-refractivity contribution < 1.29 is 27.8 Å². The molecular formula is C22H26F2N4O4. The number of hydrogen-bond acceptors (Lipinski definition) is 5. The molecule has 1 aliphatic heterocycles. The molecule has 2 aliphatic rings. The molecule has 3 atom stereocenters. The summed E-state index contributed by atoms with van der Waals surface area (Å²) in [4.78, 5) is 26.4. The second-order valence-electron chi connectivity index (χ2n) is 8.34. The summed E-state index contributed by atoms with van der Waals surface area (Å²) in [6.07, 6.45) is 1.60. The number of carbonyl (C=O) groups excluding carboxylic acids is 2. The molecule has 2 N–H and O–H groups in total. The van der Waals surface area contributed by atoms with Gasteiger partial charge in [-0.25, -0.2) is 13.6 Å². The third kappa shape index (κ3) is 5.42. The lowest BCUT2D eigenvalue weighted by molar-refractivity contribution is -0.115. The van der Waals surface area contributed by atoms with Crippen molar-refractivity contribution in [2.24, 2.45) is 0 Å². The van der Waals surface area contributed by atoms with E-state index in [1.807, 2.05) is 6.92 Å². The average Bonchev–Trinajstić information content (AvgIpc) is 3.37. The predicted molar refractivity (Wildman–Crippen MR) is 111 cm³/mol. The number of nitrogens with one attached hydrogen (secondary N) is 2. The van der Waals surface area contributed by atoms with E-state index in [1.165, 1.54) is 0 Å². The molecule has 1 saturated carbocycles. The van der Waals surface area contributed by atoms with E-state index in [9.17, 15) is 18.4 Å². The SMILES string of the molecule is C[C@H]1COCCN1C(=O)O[C@@H]1CC[C@H](c2cc(NC(=O)Cc3cc(F)cc(F)c3)n[nH]2)C1. The van der Waals surface area contributed by atoms with E-state index in [-0.39, 0.29) is 36.1 Å². The topological polar surface area (TPSA) is 96.6 Å². The zero-order valence-corrected chi connectivity index (χ0v) is 17.8. The van der Waals surface area contributed by atoms with E-state index < -0.39 is 17.5 Å². The molecule has 0 radical (unpaired) electrons. The Morgan fingerprint density at radius 2 is 2.03 bits per heavy atom.